The zero-order chi connectivity index (χ0) is 9.84. The summed E-state index contributed by atoms with van der Waals surface area (Å²) in [5.74, 6) is 0.206. The zero-order valence-corrected chi connectivity index (χ0v) is 9.32. The van der Waals surface area contributed by atoms with Gasteiger partial charge in [-0.3, -0.25) is 4.79 Å². The van der Waals surface area contributed by atoms with Crippen molar-refractivity contribution >= 4 is 28.5 Å². The van der Waals surface area contributed by atoms with Crippen molar-refractivity contribution in [2.45, 2.75) is 13.0 Å². The van der Waals surface area contributed by atoms with Gasteiger partial charge in [0.1, 0.15) is 5.75 Å². The van der Waals surface area contributed by atoms with Crippen molar-refractivity contribution in [3.05, 3.63) is 27.8 Å². The molecule has 70 valence electrons. The summed E-state index contributed by atoms with van der Waals surface area (Å²) >= 11 is 2.17. The molecule has 1 atom stereocenters. The van der Waals surface area contributed by atoms with Gasteiger partial charge in [0.05, 0.1) is 0 Å². The number of carbonyl (C=O) groups excluding carboxylic acids is 1. The van der Waals surface area contributed by atoms with Crippen LogP contribution in [0.25, 0.3) is 0 Å². The van der Waals surface area contributed by atoms with Crippen molar-refractivity contribution in [3.63, 3.8) is 0 Å². The van der Waals surface area contributed by atoms with Crippen LogP contribution >= 0.6 is 22.6 Å². The van der Waals surface area contributed by atoms with Gasteiger partial charge in [0.15, 0.2) is 6.10 Å². The number of benzene rings is 1. The highest BCUT2D eigenvalue weighted by Gasteiger charge is 2.09. The highest BCUT2D eigenvalue weighted by Crippen LogP contribution is 2.15. The van der Waals surface area contributed by atoms with Crippen molar-refractivity contribution in [2.24, 2.45) is 5.73 Å². The van der Waals surface area contributed by atoms with Gasteiger partial charge in [-0.15, -0.1) is 0 Å². The molecule has 0 saturated heterocycles. The fourth-order valence-corrected chi connectivity index (χ4v) is 1.32. The zero-order valence-electron chi connectivity index (χ0n) is 7.16. The SMILES string of the molecule is CC(Oc1cccc(I)c1)C(N)=O. The lowest BCUT2D eigenvalue weighted by atomic mass is 10.3. The van der Waals surface area contributed by atoms with Gasteiger partial charge in [-0.05, 0) is 47.7 Å². The molecule has 4 heteroatoms. The van der Waals surface area contributed by atoms with Gasteiger partial charge in [0, 0.05) is 3.57 Å². The average Bonchev–Trinajstić information content (AvgIpc) is 2.04. The van der Waals surface area contributed by atoms with Crippen LogP contribution in [0.2, 0.25) is 0 Å². The topological polar surface area (TPSA) is 52.3 Å². The van der Waals surface area contributed by atoms with Gasteiger partial charge in [0.2, 0.25) is 0 Å². The van der Waals surface area contributed by atoms with Gasteiger partial charge in [0.25, 0.3) is 5.91 Å². The Morgan fingerprint density at radius 2 is 2.31 bits per heavy atom. The van der Waals surface area contributed by atoms with Crippen LogP contribution in [0.5, 0.6) is 5.75 Å². The van der Waals surface area contributed by atoms with Crippen molar-refractivity contribution in [2.75, 3.05) is 0 Å². The summed E-state index contributed by atoms with van der Waals surface area (Å²) in [5, 5.41) is 0. The van der Waals surface area contributed by atoms with E-state index in [4.69, 9.17) is 10.5 Å². The molecule has 13 heavy (non-hydrogen) atoms. The summed E-state index contributed by atoms with van der Waals surface area (Å²) in [6, 6.07) is 7.45. The first kappa shape index (κ1) is 10.3. The molecule has 2 N–H and O–H groups in total. The van der Waals surface area contributed by atoms with Gasteiger partial charge in [-0.1, -0.05) is 6.07 Å². The fraction of sp³-hybridized carbons (Fsp3) is 0.222. The molecule has 0 saturated carbocycles. The molecule has 0 bridgehead atoms. The number of carbonyl (C=O) groups is 1. The van der Waals surface area contributed by atoms with E-state index in [1.807, 2.05) is 18.2 Å². The normalized spacial score (nSPS) is 12.2. The molecule has 0 radical (unpaired) electrons. The molecular formula is C9H10INO2. The fourth-order valence-electron chi connectivity index (χ4n) is 0.803. The molecule has 1 amide bonds. The summed E-state index contributed by atoms with van der Waals surface area (Å²) in [4.78, 5) is 10.7. The minimum absolute atomic E-state index is 0.459. The second kappa shape index (κ2) is 4.45. The third-order valence-electron chi connectivity index (χ3n) is 1.51. The number of nitrogens with two attached hydrogens (primary N) is 1. The quantitative estimate of drug-likeness (QED) is 0.859. The molecule has 1 aromatic carbocycles. The van der Waals surface area contributed by atoms with E-state index in [1.54, 1.807) is 13.0 Å². The van der Waals surface area contributed by atoms with E-state index in [-0.39, 0.29) is 0 Å². The lowest BCUT2D eigenvalue weighted by molar-refractivity contribution is -0.123. The number of hydrogen-bond donors (Lipinski definition) is 1. The molecular weight excluding hydrogens is 281 g/mol. The Bertz CT molecular complexity index is 314. The van der Waals surface area contributed by atoms with Gasteiger partial charge in [-0.2, -0.15) is 0 Å². The number of amides is 1. The van der Waals surface area contributed by atoms with Crippen LogP contribution in [0.3, 0.4) is 0 Å². The van der Waals surface area contributed by atoms with E-state index in [2.05, 4.69) is 22.6 Å². The lowest BCUT2D eigenvalue weighted by Gasteiger charge is -2.10. The summed E-state index contributed by atoms with van der Waals surface area (Å²) in [5.41, 5.74) is 5.06. The van der Waals surface area contributed by atoms with Gasteiger partial charge < -0.3 is 10.5 Å². The molecule has 1 aromatic rings. The Labute approximate surface area is 90.4 Å². The highest BCUT2D eigenvalue weighted by atomic mass is 127. The van der Waals surface area contributed by atoms with Crippen molar-refractivity contribution in [1.82, 2.24) is 0 Å². The first-order chi connectivity index (χ1) is 6.09. The molecule has 0 aliphatic carbocycles. The van der Waals surface area contributed by atoms with Crippen LogP contribution in [0.1, 0.15) is 6.92 Å². The molecule has 0 heterocycles. The van der Waals surface area contributed by atoms with Crippen molar-refractivity contribution < 1.29 is 9.53 Å². The smallest absolute Gasteiger partial charge is 0.258 e. The van der Waals surface area contributed by atoms with Crippen molar-refractivity contribution in [1.29, 1.82) is 0 Å². The molecule has 0 spiro atoms. The molecule has 0 fully saturated rings. The Morgan fingerprint density at radius 3 is 2.85 bits per heavy atom. The number of hydrogen-bond acceptors (Lipinski definition) is 2. The van der Waals surface area contributed by atoms with Crippen LogP contribution in [0.4, 0.5) is 0 Å². The molecule has 0 aromatic heterocycles. The average molecular weight is 291 g/mol. The molecule has 1 unspecified atom stereocenters. The molecule has 1 rings (SSSR count). The summed E-state index contributed by atoms with van der Waals surface area (Å²) < 4.78 is 6.34. The largest absolute Gasteiger partial charge is 0.481 e. The predicted octanol–water partition coefficient (Wildman–Crippen LogP) is 1.54. The number of ether oxygens (including phenoxy) is 1. The summed E-state index contributed by atoms with van der Waals surface area (Å²) in [6.45, 7) is 1.63. The lowest BCUT2D eigenvalue weighted by Crippen LogP contribution is -2.30. The Kier molecular flexibility index (Phi) is 3.53. The number of halogens is 1. The van der Waals surface area contributed by atoms with Gasteiger partial charge in [-0.25, -0.2) is 0 Å². The van der Waals surface area contributed by atoms with Crippen LogP contribution in [-0.4, -0.2) is 12.0 Å². The van der Waals surface area contributed by atoms with Crippen LogP contribution in [0.15, 0.2) is 24.3 Å². The standard InChI is InChI=1S/C9H10INO2/c1-6(9(11)12)13-8-4-2-3-7(10)5-8/h2-6H,1H3,(H2,11,12). The third-order valence-corrected chi connectivity index (χ3v) is 2.18. The minimum atomic E-state index is -0.585. The van der Waals surface area contributed by atoms with Crippen LogP contribution < -0.4 is 10.5 Å². The first-order valence-electron chi connectivity index (χ1n) is 3.81. The number of rotatable bonds is 3. The maximum atomic E-state index is 10.7. The Hall–Kier alpha value is -0.780. The molecule has 3 nitrogen and oxygen atoms in total. The second-order valence-corrected chi connectivity index (χ2v) is 3.87. The predicted molar refractivity (Wildman–Crippen MR) is 58.4 cm³/mol. The van der Waals surface area contributed by atoms with Crippen LogP contribution in [-0.2, 0) is 4.79 Å². The third kappa shape index (κ3) is 3.22. The van der Waals surface area contributed by atoms with Gasteiger partial charge >= 0.3 is 0 Å². The minimum Gasteiger partial charge on any atom is -0.481 e. The molecule has 0 aliphatic rings. The van der Waals surface area contributed by atoms with E-state index < -0.39 is 12.0 Å². The highest BCUT2D eigenvalue weighted by molar-refractivity contribution is 14.1. The Morgan fingerprint density at radius 1 is 1.62 bits per heavy atom. The summed E-state index contributed by atoms with van der Waals surface area (Å²) in [7, 11) is 0. The van der Waals surface area contributed by atoms with Crippen LogP contribution in [0, 0.1) is 3.57 Å². The van der Waals surface area contributed by atoms with E-state index in [0.717, 1.165) is 3.57 Å². The Balaban J connectivity index is 2.69. The van der Waals surface area contributed by atoms with E-state index in [0.29, 0.717) is 5.75 Å². The maximum Gasteiger partial charge on any atom is 0.258 e. The van der Waals surface area contributed by atoms with E-state index in [1.165, 1.54) is 0 Å². The summed E-state index contributed by atoms with van der Waals surface area (Å²) in [6.07, 6.45) is -0.585. The monoisotopic (exact) mass is 291 g/mol. The van der Waals surface area contributed by atoms with E-state index in [9.17, 15) is 4.79 Å². The second-order valence-electron chi connectivity index (χ2n) is 2.62. The number of primary amides is 1. The van der Waals surface area contributed by atoms with E-state index >= 15 is 0 Å². The van der Waals surface area contributed by atoms with Crippen molar-refractivity contribution in [3.8, 4) is 5.75 Å². The molecule has 0 aliphatic heterocycles. The first-order valence-corrected chi connectivity index (χ1v) is 4.89. The maximum absolute atomic E-state index is 10.7.